The van der Waals surface area contributed by atoms with Gasteiger partial charge in [0, 0.05) is 28.6 Å². The summed E-state index contributed by atoms with van der Waals surface area (Å²) in [5, 5.41) is 5.68. The Bertz CT molecular complexity index is 2180. The van der Waals surface area contributed by atoms with Gasteiger partial charge in [0.2, 0.25) is 0 Å². The zero-order valence-corrected chi connectivity index (χ0v) is 22.3. The van der Waals surface area contributed by atoms with Gasteiger partial charge in [-0.05, 0) is 53.2 Å². The lowest BCUT2D eigenvalue weighted by Gasteiger charge is -2.13. The van der Waals surface area contributed by atoms with Crippen molar-refractivity contribution in [1.82, 2.24) is 34.9 Å². The summed E-state index contributed by atoms with van der Waals surface area (Å²) < 4.78 is 0. The van der Waals surface area contributed by atoms with Crippen LogP contribution in [0.1, 0.15) is 0 Å². The molecule has 0 unspecified atom stereocenters. The molecular weight excluding hydrogens is 518 g/mol. The summed E-state index contributed by atoms with van der Waals surface area (Å²) in [6, 6.07) is 38.1. The fourth-order valence-electron chi connectivity index (χ4n) is 5.32. The highest BCUT2D eigenvalue weighted by Gasteiger charge is 2.17. The summed E-state index contributed by atoms with van der Waals surface area (Å²) in [6.45, 7) is 0. The number of pyridine rings is 4. The quantitative estimate of drug-likeness (QED) is 0.213. The third-order valence-electron chi connectivity index (χ3n) is 7.23. The maximum Gasteiger partial charge on any atom is 0.182 e. The lowest BCUT2D eigenvalue weighted by Crippen LogP contribution is -2.03. The Labute approximate surface area is 240 Å². The number of rotatable bonds is 4. The van der Waals surface area contributed by atoms with Crippen LogP contribution in [0.3, 0.4) is 0 Å². The minimum Gasteiger partial charge on any atom is -0.253 e. The first-order valence-electron chi connectivity index (χ1n) is 13.6. The van der Waals surface area contributed by atoms with Gasteiger partial charge in [-0.2, -0.15) is 0 Å². The van der Waals surface area contributed by atoms with Crippen LogP contribution in [0.25, 0.3) is 78.4 Å². The Hall–Kier alpha value is -5.95. The van der Waals surface area contributed by atoms with Crippen LogP contribution < -0.4 is 0 Å². The van der Waals surface area contributed by atoms with E-state index in [0.29, 0.717) is 34.6 Å². The molecule has 0 N–H and O–H groups in total. The number of aromatic nitrogens is 7. The maximum absolute atomic E-state index is 5.11. The van der Waals surface area contributed by atoms with Gasteiger partial charge < -0.3 is 0 Å². The molecule has 3 aromatic carbocycles. The van der Waals surface area contributed by atoms with Gasteiger partial charge in [0.05, 0.1) is 16.9 Å². The van der Waals surface area contributed by atoms with E-state index in [2.05, 4.69) is 58.5 Å². The number of hydrogen-bond acceptors (Lipinski definition) is 7. The van der Waals surface area contributed by atoms with E-state index in [9.17, 15) is 0 Å². The molecule has 42 heavy (non-hydrogen) atoms. The molecule has 0 spiro atoms. The van der Waals surface area contributed by atoms with E-state index in [4.69, 9.17) is 24.9 Å². The SMILES string of the molecule is c1ccc(-c2nc(-c3ccccn3)nc(-c3cccc(-c4nc5ccccc5c5c4ccc4ccccc45)n3)n2)nc1. The van der Waals surface area contributed by atoms with Gasteiger partial charge in [-0.3, -0.25) is 9.97 Å². The van der Waals surface area contributed by atoms with Gasteiger partial charge >= 0.3 is 0 Å². The first-order valence-corrected chi connectivity index (χ1v) is 13.6. The summed E-state index contributed by atoms with van der Waals surface area (Å²) >= 11 is 0. The topological polar surface area (TPSA) is 90.2 Å². The number of benzene rings is 3. The number of hydrogen-bond donors (Lipinski definition) is 0. The molecule has 0 fully saturated rings. The second kappa shape index (κ2) is 9.91. The maximum atomic E-state index is 5.11. The molecule has 0 saturated carbocycles. The van der Waals surface area contributed by atoms with Gasteiger partial charge in [-0.15, -0.1) is 0 Å². The van der Waals surface area contributed by atoms with Crippen molar-refractivity contribution in [1.29, 1.82) is 0 Å². The predicted molar refractivity (Wildman–Crippen MR) is 165 cm³/mol. The van der Waals surface area contributed by atoms with Crippen molar-refractivity contribution in [2.45, 2.75) is 0 Å². The van der Waals surface area contributed by atoms with E-state index >= 15 is 0 Å². The van der Waals surface area contributed by atoms with Crippen LogP contribution in [-0.4, -0.2) is 34.9 Å². The molecule has 0 aliphatic heterocycles. The molecule has 5 heterocycles. The summed E-state index contributed by atoms with van der Waals surface area (Å²) in [5.41, 5.74) is 4.34. The van der Waals surface area contributed by atoms with Gasteiger partial charge in [0.1, 0.15) is 17.1 Å². The van der Waals surface area contributed by atoms with Crippen molar-refractivity contribution in [2.24, 2.45) is 0 Å². The summed E-state index contributed by atoms with van der Waals surface area (Å²) in [6.07, 6.45) is 3.44. The largest absolute Gasteiger partial charge is 0.253 e. The minimum atomic E-state index is 0.434. The second-order valence-corrected chi connectivity index (χ2v) is 9.83. The molecule has 0 amide bonds. The van der Waals surface area contributed by atoms with E-state index in [0.717, 1.165) is 33.1 Å². The number of nitrogens with zero attached hydrogens (tertiary/aromatic N) is 7. The Morgan fingerprint density at radius 2 is 0.952 bits per heavy atom. The molecule has 0 aliphatic carbocycles. The van der Waals surface area contributed by atoms with Crippen molar-refractivity contribution in [3.63, 3.8) is 0 Å². The minimum absolute atomic E-state index is 0.434. The Morgan fingerprint density at radius 1 is 0.357 bits per heavy atom. The Balaban J connectivity index is 1.35. The standard InChI is InChI=1S/C35H21N7/c1-2-11-23-22(10-1)18-19-25-31(23)24-12-3-4-13-26(24)39-32(25)27-16-9-17-30(38-27)35-41-33(28-14-5-7-20-36-28)40-34(42-35)29-15-6-8-21-37-29/h1-21H. The van der Waals surface area contributed by atoms with Crippen LogP contribution >= 0.6 is 0 Å². The van der Waals surface area contributed by atoms with Crippen molar-refractivity contribution in [3.8, 4) is 45.9 Å². The van der Waals surface area contributed by atoms with E-state index in [-0.39, 0.29) is 0 Å². The molecule has 0 aliphatic rings. The zero-order valence-electron chi connectivity index (χ0n) is 22.3. The van der Waals surface area contributed by atoms with Crippen LogP contribution in [0.5, 0.6) is 0 Å². The zero-order chi connectivity index (χ0) is 27.9. The molecular formula is C35H21N7. The predicted octanol–water partition coefficient (Wildman–Crippen LogP) is 7.58. The van der Waals surface area contributed by atoms with Gasteiger partial charge in [-0.25, -0.2) is 24.9 Å². The summed E-state index contributed by atoms with van der Waals surface area (Å²) in [7, 11) is 0. The Kier molecular flexibility index (Phi) is 5.64. The lowest BCUT2D eigenvalue weighted by atomic mass is 9.96. The fourth-order valence-corrected chi connectivity index (χ4v) is 5.32. The summed E-state index contributed by atoms with van der Waals surface area (Å²) in [4.78, 5) is 33.4. The van der Waals surface area contributed by atoms with Crippen LogP contribution in [0.4, 0.5) is 0 Å². The third kappa shape index (κ3) is 4.12. The summed E-state index contributed by atoms with van der Waals surface area (Å²) in [5.74, 6) is 1.34. The second-order valence-electron chi connectivity index (χ2n) is 9.83. The fraction of sp³-hybridized carbons (Fsp3) is 0. The molecule has 7 heteroatoms. The molecule has 0 atom stereocenters. The molecule has 7 nitrogen and oxygen atoms in total. The van der Waals surface area contributed by atoms with Crippen LogP contribution in [0.2, 0.25) is 0 Å². The highest BCUT2D eigenvalue weighted by atomic mass is 15.1. The normalized spacial score (nSPS) is 11.3. The molecule has 196 valence electrons. The average Bonchev–Trinajstić information content (AvgIpc) is 3.08. The number of fused-ring (bicyclic) bond motifs is 5. The Morgan fingerprint density at radius 3 is 1.67 bits per heavy atom. The molecule has 0 bridgehead atoms. The van der Waals surface area contributed by atoms with Crippen LogP contribution in [0.15, 0.2) is 128 Å². The first kappa shape index (κ1) is 23.9. The molecule has 8 aromatic rings. The van der Waals surface area contributed by atoms with Crippen molar-refractivity contribution in [2.75, 3.05) is 0 Å². The monoisotopic (exact) mass is 539 g/mol. The molecule has 0 saturated heterocycles. The van der Waals surface area contributed by atoms with E-state index in [1.165, 1.54) is 10.8 Å². The van der Waals surface area contributed by atoms with Crippen LogP contribution in [-0.2, 0) is 0 Å². The molecule has 5 aromatic heterocycles. The smallest absolute Gasteiger partial charge is 0.182 e. The van der Waals surface area contributed by atoms with Crippen molar-refractivity contribution in [3.05, 3.63) is 128 Å². The number of para-hydroxylation sites is 1. The highest BCUT2D eigenvalue weighted by molar-refractivity contribution is 6.22. The van der Waals surface area contributed by atoms with Gasteiger partial charge in [-0.1, -0.05) is 72.8 Å². The van der Waals surface area contributed by atoms with E-state index in [1.807, 2.05) is 66.7 Å². The highest BCUT2D eigenvalue weighted by Crippen LogP contribution is 2.36. The van der Waals surface area contributed by atoms with Crippen molar-refractivity contribution >= 4 is 32.4 Å². The van der Waals surface area contributed by atoms with Crippen molar-refractivity contribution < 1.29 is 0 Å². The van der Waals surface area contributed by atoms with Gasteiger partial charge in [0.25, 0.3) is 0 Å². The molecule has 0 radical (unpaired) electrons. The first-order chi connectivity index (χ1) is 20.8. The van der Waals surface area contributed by atoms with E-state index in [1.54, 1.807) is 12.4 Å². The van der Waals surface area contributed by atoms with E-state index < -0.39 is 0 Å². The molecule has 8 rings (SSSR count). The van der Waals surface area contributed by atoms with Gasteiger partial charge in [0.15, 0.2) is 17.5 Å². The van der Waals surface area contributed by atoms with Crippen LogP contribution in [0, 0.1) is 0 Å². The lowest BCUT2D eigenvalue weighted by molar-refractivity contribution is 1.03. The third-order valence-corrected chi connectivity index (χ3v) is 7.23. The average molecular weight is 540 g/mol.